The first-order valence-corrected chi connectivity index (χ1v) is 12.0. The molecule has 36 heavy (non-hydrogen) atoms. The number of ketones is 1. The van der Waals surface area contributed by atoms with E-state index in [4.69, 9.17) is 21.1 Å². The summed E-state index contributed by atoms with van der Waals surface area (Å²) in [5, 5.41) is 11.9. The molecule has 0 spiro atoms. The van der Waals surface area contributed by atoms with E-state index >= 15 is 0 Å². The lowest BCUT2D eigenvalue weighted by Gasteiger charge is -2.28. The molecule has 0 aromatic heterocycles. The molecule has 184 valence electrons. The molecule has 1 N–H and O–H groups in total. The number of amides is 1. The molecule has 3 aromatic rings. The second-order valence-corrected chi connectivity index (χ2v) is 10.4. The van der Waals surface area contributed by atoms with Crippen LogP contribution in [0.25, 0.3) is 5.76 Å². The van der Waals surface area contributed by atoms with Gasteiger partial charge in [0.2, 0.25) is 6.79 Å². The topological polar surface area (TPSA) is 76.1 Å². The summed E-state index contributed by atoms with van der Waals surface area (Å²) in [5.41, 5.74) is 3.27. The summed E-state index contributed by atoms with van der Waals surface area (Å²) in [6, 6.07) is 17.1. The van der Waals surface area contributed by atoms with Gasteiger partial charge in [0.25, 0.3) is 11.7 Å². The minimum atomic E-state index is -0.846. The van der Waals surface area contributed by atoms with Crippen molar-refractivity contribution in [3.63, 3.8) is 0 Å². The number of aliphatic hydroxyl groups excluding tert-OH is 1. The van der Waals surface area contributed by atoms with Crippen molar-refractivity contribution in [3.05, 3.63) is 93.5 Å². The van der Waals surface area contributed by atoms with Gasteiger partial charge in [-0.25, -0.2) is 0 Å². The van der Waals surface area contributed by atoms with Crippen LogP contribution < -0.4 is 14.4 Å². The molecule has 6 nitrogen and oxygen atoms in total. The standard InChI is InChI=1S/C29H26ClNO5/c1-16-20(30)6-5-7-21(16)31-25(17-8-11-19(12-9-17)29(2,3)4)24(27(33)28(31)34)26(32)18-10-13-22-23(14-18)36-15-35-22/h5-14,25,32H,15H2,1-4H3/b26-24-. The second-order valence-electron chi connectivity index (χ2n) is 9.99. The lowest BCUT2D eigenvalue weighted by molar-refractivity contribution is -0.132. The fourth-order valence-corrected chi connectivity index (χ4v) is 4.79. The number of hydrogen-bond donors (Lipinski definition) is 1. The van der Waals surface area contributed by atoms with Crippen molar-refractivity contribution in [2.45, 2.75) is 39.2 Å². The normalized spacial score (nSPS) is 18.7. The zero-order chi connectivity index (χ0) is 25.8. The van der Waals surface area contributed by atoms with Crippen molar-refractivity contribution >= 4 is 34.7 Å². The van der Waals surface area contributed by atoms with E-state index in [9.17, 15) is 14.7 Å². The highest BCUT2D eigenvalue weighted by molar-refractivity contribution is 6.52. The summed E-state index contributed by atoms with van der Waals surface area (Å²) >= 11 is 6.38. The summed E-state index contributed by atoms with van der Waals surface area (Å²) in [6.07, 6.45) is 0. The lowest BCUT2D eigenvalue weighted by atomic mass is 9.85. The Bertz CT molecular complexity index is 1420. The Kier molecular flexibility index (Phi) is 5.80. The number of anilines is 1. The Morgan fingerprint density at radius 3 is 2.39 bits per heavy atom. The molecule has 1 unspecified atom stereocenters. The fraction of sp³-hybridized carbons (Fsp3) is 0.241. The highest BCUT2D eigenvalue weighted by Gasteiger charge is 2.47. The van der Waals surface area contributed by atoms with Crippen molar-refractivity contribution in [2.75, 3.05) is 11.7 Å². The van der Waals surface area contributed by atoms with Crippen LogP contribution in [0.15, 0.2) is 66.2 Å². The number of carbonyl (C=O) groups is 2. The smallest absolute Gasteiger partial charge is 0.300 e. The van der Waals surface area contributed by atoms with E-state index in [0.717, 1.165) is 5.56 Å². The number of fused-ring (bicyclic) bond motifs is 1. The van der Waals surface area contributed by atoms with Crippen LogP contribution in [0.5, 0.6) is 11.5 Å². The summed E-state index contributed by atoms with van der Waals surface area (Å²) in [6.45, 7) is 8.22. The number of ether oxygens (including phenoxy) is 2. The van der Waals surface area contributed by atoms with Crippen LogP contribution in [0.1, 0.15) is 49.1 Å². The number of hydrogen-bond acceptors (Lipinski definition) is 5. The van der Waals surface area contributed by atoms with Gasteiger partial charge in [-0.1, -0.05) is 62.7 Å². The average Bonchev–Trinajstić information content (AvgIpc) is 3.42. The highest BCUT2D eigenvalue weighted by atomic mass is 35.5. The van der Waals surface area contributed by atoms with Gasteiger partial charge in [-0.2, -0.15) is 0 Å². The van der Waals surface area contributed by atoms with Crippen LogP contribution >= 0.6 is 11.6 Å². The minimum Gasteiger partial charge on any atom is -0.507 e. The van der Waals surface area contributed by atoms with Crippen molar-refractivity contribution < 1.29 is 24.2 Å². The second kappa shape index (κ2) is 8.71. The molecule has 0 radical (unpaired) electrons. The van der Waals surface area contributed by atoms with Crippen molar-refractivity contribution in [3.8, 4) is 11.5 Å². The quantitative estimate of drug-likeness (QED) is 0.258. The third kappa shape index (κ3) is 3.91. The Labute approximate surface area is 214 Å². The van der Waals surface area contributed by atoms with Gasteiger partial charge in [0.05, 0.1) is 11.6 Å². The summed E-state index contributed by atoms with van der Waals surface area (Å²) in [4.78, 5) is 28.3. The van der Waals surface area contributed by atoms with E-state index in [0.29, 0.717) is 38.9 Å². The number of benzene rings is 3. The first-order valence-electron chi connectivity index (χ1n) is 11.6. The summed E-state index contributed by atoms with van der Waals surface area (Å²) in [5.74, 6) is -0.762. The molecule has 2 heterocycles. The maximum absolute atomic E-state index is 13.5. The van der Waals surface area contributed by atoms with Gasteiger partial charge >= 0.3 is 0 Å². The van der Waals surface area contributed by atoms with Crippen LogP contribution in [0, 0.1) is 6.92 Å². The van der Waals surface area contributed by atoms with Gasteiger partial charge < -0.3 is 14.6 Å². The van der Waals surface area contributed by atoms with E-state index in [1.807, 2.05) is 24.3 Å². The summed E-state index contributed by atoms with van der Waals surface area (Å²) in [7, 11) is 0. The zero-order valence-corrected chi connectivity index (χ0v) is 21.2. The molecule has 7 heteroatoms. The van der Waals surface area contributed by atoms with Crippen LogP contribution in [0.4, 0.5) is 5.69 Å². The predicted octanol–water partition coefficient (Wildman–Crippen LogP) is 6.30. The molecule has 2 aliphatic heterocycles. The molecule has 0 aliphatic carbocycles. The first kappa shape index (κ1) is 23.9. The number of carbonyl (C=O) groups excluding carboxylic acids is 2. The third-order valence-corrected chi connectivity index (χ3v) is 7.09. The van der Waals surface area contributed by atoms with Crippen molar-refractivity contribution in [1.82, 2.24) is 0 Å². The number of nitrogens with zero attached hydrogens (tertiary/aromatic N) is 1. The Morgan fingerprint density at radius 1 is 1.00 bits per heavy atom. The molecule has 0 bridgehead atoms. The Morgan fingerprint density at radius 2 is 1.69 bits per heavy atom. The molecule has 2 aliphatic rings. The van der Waals surface area contributed by atoms with E-state index in [1.54, 1.807) is 43.3 Å². The molecular weight excluding hydrogens is 478 g/mol. The molecule has 0 saturated carbocycles. The number of rotatable bonds is 3. The molecular formula is C29H26ClNO5. The number of halogens is 1. The van der Waals surface area contributed by atoms with Gasteiger partial charge in [-0.3, -0.25) is 14.5 Å². The number of aliphatic hydroxyl groups is 1. The van der Waals surface area contributed by atoms with Crippen LogP contribution in [0.2, 0.25) is 5.02 Å². The van der Waals surface area contributed by atoms with Gasteiger partial charge in [-0.05, 0) is 59.4 Å². The largest absolute Gasteiger partial charge is 0.507 e. The summed E-state index contributed by atoms with van der Waals surface area (Å²) < 4.78 is 10.8. The monoisotopic (exact) mass is 503 g/mol. The molecule has 1 saturated heterocycles. The van der Waals surface area contributed by atoms with Crippen LogP contribution in [-0.2, 0) is 15.0 Å². The molecule has 3 aromatic carbocycles. The van der Waals surface area contributed by atoms with E-state index in [1.165, 1.54) is 4.90 Å². The maximum Gasteiger partial charge on any atom is 0.300 e. The fourth-order valence-electron chi connectivity index (χ4n) is 4.62. The lowest BCUT2D eigenvalue weighted by Crippen LogP contribution is -2.30. The van der Waals surface area contributed by atoms with Gasteiger partial charge in [0.1, 0.15) is 5.76 Å². The zero-order valence-electron chi connectivity index (χ0n) is 20.5. The molecule has 1 amide bonds. The van der Waals surface area contributed by atoms with Crippen LogP contribution in [0.3, 0.4) is 0 Å². The van der Waals surface area contributed by atoms with E-state index in [-0.39, 0.29) is 23.5 Å². The van der Waals surface area contributed by atoms with E-state index in [2.05, 4.69) is 20.8 Å². The van der Waals surface area contributed by atoms with Gasteiger partial charge in [-0.15, -0.1) is 0 Å². The molecule has 5 rings (SSSR count). The van der Waals surface area contributed by atoms with E-state index < -0.39 is 17.7 Å². The average molecular weight is 504 g/mol. The Balaban J connectivity index is 1.72. The van der Waals surface area contributed by atoms with Crippen LogP contribution in [-0.4, -0.2) is 23.6 Å². The maximum atomic E-state index is 13.5. The highest BCUT2D eigenvalue weighted by Crippen LogP contribution is 2.45. The van der Waals surface area contributed by atoms with Gasteiger partial charge in [0.15, 0.2) is 11.5 Å². The Hall–Kier alpha value is -3.77. The molecule has 1 fully saturated rings. The SMILES string of the molecule is Cc1c(Cl)cccc1N1C(=O)C(=O)/C(=C(\O)c2ccc3c(c2)OCO3)C1c1ccc(C(C)(C)C)cc1. The minimum absolute atomic E-state index is 0.00162. The first-order chi connectivity index (χ1) is 17.1. The van der Waals surface area contributed by atoms with Crippen molar-refractivity contribution in [1.29, 1.82) is 0 Å². The third-order valence-electron chi connectivity index (χ3n) is 6.68. The number of Topliss-reactive ketones (excluding diaryl/α,β-unsaturated/α-hetero) is 1. The molecule has 1 atom stereocenters. The van der Waals surface area contributed by atoms with Crippen molar-refractivity contribution in [2.24, 2.45) is 0 Å². The van der Waals surface area contributed by atoms with Gasteiger partial charge in [0, 0.05) is 16.3 Å². The predicted molar refractivity (Wildman–Crippen MR) is 139 cm³/mol.